The summed E-state index contributed by atoms with van der Waals surface area (Å²) >= 11 is 6.18. The van der Waals surface area contributed by atoms with Gasteiger partial charge in [0.1, 0.15) is 5.69 Å². The molecule has 1 saturated heterocycles. The molecule has 2 heterocycles. The van der Waals surface area contributed by atoms with E-state index >= 15 is 0 Å². The maximum atomic E-state index is 12.4. The summed E-state index contributed by atoms with van der Waals surface area (Å²) in [6, 6.07) is 9.35. The van der Waals surface area contributed by atoms with E-state index in [1.165, 1.54) is 0 Å². The van der Waals surface area contributed by atoms with Crippen LogP contribution in [-0.4, -0.2) is 33.7 Å². The third-order valence-electron chi connectivity index (χ3n) is 3.64. The van der Waals surface area contributed by atoms with Crippen molar-refractivity contribution < 1.29 is 4.79 Å². The monoisotopic (exact) mass is 289 g/mol. The number of nitrogens with zero attached hydrogens (tertiary/aromatic N) is 3. The fraction of sp³-hybridized carbons (Fsp3) is 0.333. The van der Waals surface area contributed by atoms with Gasteiger partial charge in [-0.05, 0) is 25.0 Å². The first-order valence-corrected chi connectivity index (χ1v) is 7.13. The lowest BCUT2D eigenvalue weighted by atomic mass is 10.1. The van der Waals surface area contributed by atoms with Crippen LogP contribution in [0.1, 0.15) is 23.3 Å². The first kappa shape index (κ1) is 13.2. The Kier molecular flexibility index (Phi) is 3.49. The molecule has 0 atom stereocenters. The summed E-state index contributed by atoms with van der Waals surface area (Å²) in [5.74, 6) is 0.0517. The predicted octanol–water partition coefficient (Wildman–Crippen LogP) is 2.98. The quantitative estimate of drug-likeness (QED) is 0.852. The molecule has 4 nitrogen and oxygen atoms in total. The molecule has 104 valence electrons. The highest BCUT2D eigenvalue weighted by molar-refractivity contribution is 6.33. The number of hydrogen-bond acceptors (Lipinski definition) is 2. The molecule has 3 rings (SSSR count). The van der Waals surface area contributed by atoms with Gasteiger partial charge < -0.3 is 4.90 Å². The summed E-state index contributed by atoms with van der Waals surface area (Å²) in [6.45, 7) is 1.68. The molecule has 0 spiro atoms. The average molecular weight is 290 g/mol. The van der Waals surface area contributed by atoms with E-state index in [9.17, 15) is 4.79 Å². The normalized spacial score (nSPS) is 14.8. The largest absolute Gasteiger partial charge is 0.337 e. The number of carbonyl (C=O) groups is 1. The molecule has 0 bridgehead atoms. The van der Waals surface area contributed by atoms with Gasteiger partial charge in [0.25, 0.3) is 5.91 Å². The highest BCUT2D eigenvalue weighted by atomic mass is 35.5. The molecule has 1 aromatic heterocycles. The van der Waals surface area contributed by atoms with Crippen LogP contribution in [0.5, 0.6) is 0 Å². The van der Waals surface area contributed by atoms with Crippen molar-refractivity contribution in [3.05, 3.63) is 41.0 Å². The van der Waals surface area contributed by atoms with Gasteiger partial charge in [-0.15, -0.1) is 0 Å². The molecule has 1 aliphatic rings. The Hall–Kier alpha value is -1.81. The molecule has 0 aliphatic carbocycles. The molecule has 0 N–H and O–H groups in total. The van der Waals surface area contributed by atoms with Crippen molar-refractivity contribution in [3.8, 4) is 11.3 Å². The van der Waals surface area contributed by atoms with Crippen LogP contribution >= 0.6 is 11.6 Å². The zero-order valence-electron chi connectivity index (χ0n) is 11.3. The van der Waals surface area contributed by atoms with Crippen molar-refractivity contribution >= 4 is 17.5 Å². The number of carbonyl (C=O) groups excluding carboxylic acids is 1. The standard InChI is InChI=1S/C15H16ClN3O/c1-18-14(15(20)19-8-4-5-9-19)10-13(17-18)11-6-2-3-7-12(11)16/h2-3,6-7,10H,4-5,8-9H2,1H3. The van der Waals surface area contributed by atoms with Gasteiger partial charge in [0.05, 0.1) is 10.7 Å². The molecule has 5 heteroatoms. The van der Waals surface area contributed by atoms with Crippen LogP contribution in [0.3, 0.4) is 0 Å². The molecule has 2 aromatic rings. The van der Waals surface area contributed by atoms with Gasteiger partial charge in [0, 0.05) is 25.7 Å². The van der Waals surface area contributed by atoms with E-state index in [1.54, 1.807) is 11.7 Å². The van der Waals surface area contributed by atoms with Gasteiger partial charge in [-0.1, -0.05) is 29.8 Å². The van der Waals surface area contributed by atoms with Gasteiger partial charge >= 0.3 is 0 Å². The Bertz CT molecular complexity index is 644. The van der Waals surface area contributed by atoms with Crippen LogP contribution in [0.15, 0.2) is 30.3 Å². The van der Waals surface area contributed by atoms with Crippen LogP contribution < -0.4 is 0 Å². The summed E-state index contributed by atoms with van der Waals surface area (Å²) in [4.78, 5) is 14.3. The van der Waals surface area contributed by atoms with Crippen molar-refractivity contribution in [3.63, 3.8) is 0 Å². The topological polar surface area (TPSA) is 38.1 Å². The molecule has 1 amide bonds. The van der Waals surface area contributed by atoms with E-state index in [2.05, 4.69) is 5.10 Å². The zero-order valence-corrected chi connectivity index (χ0v) is 12.1. The van der Waals surface area contributed by atoms with E-state index < -0.39 is 0 Å². The average Bonchev–Trinajstić information content (AvgIpc) is 3.08. The van der Waals surface area contributed by atoms with Gasteiger partial charge in [0.2, 0.25) is 0 Å². The summed E-state index contributed by atoms with van der Waals surface area (Å²) in [6.07, 6.45) is 2.17. The second kappa shape index (κ2) is 5.29. The molecule has 1 fully saturated rings. The smallest absolute Gasteiger partial charge is 0.272 e. The second-order valence-corrected chi connectivity index (χ2v) is 5.42. The molecule has 0 unspecified atom stereocenters. The number of benzene rings is 1. The van der Waals surface area contributed by atoms with Crippen molar-refractivity contribution in [2.45, 2.75) is 12.8 Å². The third-order valence-corrected chi connectivity index (χ3v) is 3.97. The Balaban J connectivity index is 1.95. The number of likely N-dealkylation sites (tertiary alicyclic amines) is 1. The van der Waals surface area contributed by atoms with Gasteiger partial charge in [-0.25, -0.2) is 0 Å². The minimum atomic E-state index is 0.0517. The van der Waals surface area contributed by atoms with E-state index in [0.717, 1.165) is 37.2 Å². The van der Waals surface area contributed by atoms with Crippen LogP contribution in [0.2, 0.25) is 5.02 Å². The van der Waals surface area contributed by atoms with Crippen molar-refractivity contribution in [1.29, 1.82) is 0 Å². The summed E-state index contributed by atoms with van der Waals surface area (Å²) < 4.78 is 1.64. The number of rotatable bonds is 2. The van der Waals surface area contributed by atoms with Crippen molar-refractivity contribution in [2.75, 3.05) is 13.1 Å². The van der Waals surface area contributed by atoms with E-state index in [1.807, 2.05) is 35.2 Å². The van der Waals surface area contributed by atoms with Crippen LogP contribution in [0.25, 0.3) is 11.3 Å². The molecular formula is C15H16ClN3O. The van der Waals surface area contributed by atoms with Crippen LogP contribution in [0, 0.1) is 0 Å². The Morgan fingerprint density at radius 3 is 2.65 bits per heavy atom. The highest BCUT2D eigenvalue weighted by Crippen LogP contribution is 2.27. The number of halogens is 1. The number of aromatic nitrogens is 2. The van der Waals surface area contributed by atoms with Gasteiger partial charge in [0.15, 0.2) is 0 Å². The minimum absolute atomic E-state index is 0.0517. The predicted molar refractivity (Wildman–Crippen MR) is 78.8 cm³/mol. The summed E-state index contributed by atoms with van der Waals surface area (Å²) in [5.41, 5.74) is 2.20. The first-order valence-electron chi connectivity index (χ1n) is 6.75. The Labute approximate surface area is 123 Å². The highest BCUT2D eigenvalue weighted by Gasteiger charge is 2.23. The van der Waals surface area contributed by atoms with E-state index in [-0.39, 0.29) is 5.91 Å². The number of hydrogen-bond donors (Lipinski definition) is 0. The summed E-state index contributed by atoms with van der Waals surface area (Å²) in [5, 5.41) is 5.06. The number of amides is 1. The lowest BCUT2D eigenvalue weighted by Gasteiger charge is -2.14. The first-order chi connectivity index (χ1) is 9.66. The molecule has 1 aromatic carbocycles. The number of aryl methyl sites for hydroxylation is 1. The van der Waals surface area contributed by atoms with Crippen molar-refractivity contribution in [2.24, 2.45) is 7.05 Å². The van der Waals surface area contributed by atoms with Crippen LogP contribution in [-0.2, 0) is 7.05 Å². The van der Waals surface area contributed by atoms with E-state index in [0.29, 0.717) is 10.7 Å². The fourth-order valence-corrected chi connectivity index (χ4v) is 2.78. The molecular weight excluding hydrogens is 274 g/mol. The Morgan fingerprint density at radius 2 is 1.95 bits per heavy atom. The minimum Gasteiger partial charge on any atom is -0.337 e. The molecule has 20 heavy (non-hydrogen) atoms. The molecule has 1 aliphatic heterocycles. The second-order valence-electron chi connectivity index (χ2n) is 5.02. The lowest BCUT2D eigenvalue weighted by Crippen LogP contribution is -2.29. The lowest BCUT2D eigenvalue weighted by molar-refractivity contribution is 0.0782. The van der Waals surface area contributed by atoms with Gasteiger partial charge in [-0.3, -0.25) is 9.48 Å². The summed E-state index contributed by atoms with van der Waals surface area (Å²) in [7, 11) is 1.80. The van der Waals surface area contributed by atoms with Crippen LogP contribution in [0.4, 0.5) is 0 Å². The fourth-order valence-electron chi connectivity index (χ4n) is 2.55. The molecule has 0 radical (unpaired) electrons. The Morgan fingerprint density at radius 1 is 1.25 bits per heavy atom. The zero-order chi connectivity index (χ0) is 14.1. The molecule has 0 saturated carbocycles. The van der Waals surface area contributed by atoms with Crippen molar-refractivity contribution in [1.82, 2.24) is 14.7 Å². The SMILES string of the molecule is Cn1nc(-c2ccccc2Cl)cc1C(=O)N1CCCC1. The maximum absolute atomic E-state index is 12.4. The van der Waals surface area contributed by atoms with Gasteiger partial charge in [-0.2, -0.15) is 5.10 Å². The third kappa shape index (κ3) is 2.31. The van der Waals surface area contributed by atoms with E-state index in [4.69, 9.17) is 11.6 Å². The maximum Gasteiger partial charge on any atom is 0.272 e.